The smallest absolute Gasteiger partial charge is 0.262 e. The van der Waals surface area contributed by atoms with Gasteiger partial charge in [-0.2, -0.15) is 0 Å². The van der Waals surface area contributed by atoms with Gasteiger partial charge in [0.2, 0.25) is 0 Å². The molecule has 7 nitrogen and oxygen atoms in total. The number of fused-ring (bicyclic) bond motifs is 1. The molecule has 0 radical (unpaired) electrons. The van der Waals surface area contributed by atoms with Gasteiger partial charge in [-0.3, -0.25) is 14.4 Å². The highest BCUT2D eigenvalue weighted by molar-refractivity contribution is 7.92. The van der Waals surface area contributed by atoms with Gasteiger partial charge >= 0.3 is 0 Å². The van der Waals surface area contributed by atoms with Gasteiger partial charge in [-0.15, -0.1) is 0 Å². The van der Waals surface area contributed by atoms with Crippen LogP contribution in [0.5, 0.6) is 5.75 Å². The Hall–Kier alpha value is -5.86. The quantitative estimate of drug-likeness (QED) is 0.156. The van der Waals surface area contributed by atoms with Gasteiger partial charge in [-0.1, -0.05) is 114 Å². The molecule has 1 heterocycles. The first-order valence-electron chi connectivity index (χ1n) is 16.5. The van der Waals surface area contributed by atoms with Crippen LogP contribution in [0.25, 0.3) is 0 Å². The van der Waals surface area contributed by atoms with E-state index in [-0.39, 0.29) is 16.4 Å². The number of benzene rings is 6. The predicted molar refractivity (Wildman–Crippen MR) is 199 cm³/mol. The van der Waals surface area contributed by atoms with Crippen LogP contribution in [-0.4, -0.2) is 14.3 Å². The Morgan fingerprint density at radius 3 is 1.96 bits per heavy atom. The van der Waals surface area contributed by atoms with Crippen LogP contribution in [-0.2, 0) is 23.2 Å². The van der Waals surface area contributed by atoms with Crippen molar-refractivity contribution in [2.24, 2.45) is 0 Å². The third-order valence-electron chi connectivity index (χ3n) is 8.82. The number of amides is 1. The third-order valence-corrected chi connectivity index (χ3v) is 10.2. The number of sulfonamides is 1. The SMILES string of the molecule is Cc1ccc(NS(=O)(=O)c2ccc3c(c2)C(=O)N(c2ccc(C)cc2)[C@H](c2ccccc2OCc2ccccc2)N3Cc2ccccc2)cc1. The number of aryl methyl sites for hydroxylation is 2. The van der Waals surface area contributed by atoms with Crippen LogP contribution in [0.4, 0.5) is 17.1 Å². The molecule has 0 fully saturated rings. The maximum atomic E-state index is 14.9. The minimum Gasteiger partial charge on any atom is -0.488 e. The molecule has 6 aromatic rings. The monoisotopic (exact) mass is 679 g/mol. The molecule has 0 spiro atoms. The van der Waals surface area contributed by atoms with Gasteiger partial charge < -0.3 is 9.64 Å². The van der Waals surface area contributed by atoms with E-state index < -0.39 is 16.2 Å². The van der Waals surface area contributed by atoms with E-state index in [4.69, 9.17) is 4.74 Å². The Labute approximate surface area is 293 Å². The number of carbonyl (C=O) groups is 1. The average molecular weight is 680 g/mol. The van der Waals surface area contributed by atoms with E-state index in [1.807, 2.05) is 135 Å². The first-order valence-corrected chi connectivity index (χ1v) is 18.0. The largest absolute Gasteiger partial charge is 0.488 e. The molecule has 1 aliphatic heterocycles. The summed E-state index contributed by atoms with van der Waals surface area (Å²) in [5.74, 6) is 0.331. The number of nitrogens with one attached hydrogen (secondary N) is 1. The summed E-state index contributed by atoms with van der Waals surface area (Å²) in [6.45, 7) is 4.74. The summed E-state index contributed by atoms with van der Waals surface area (Å²) in [6, 6.07) is 47.5. The minimum absolute atomic E-state index is 0.00117. The lowest BCUT2D eigenvalue weighted by atomic mass is 9.98. The molecule has 0 aliphatic carbocycles. The molecule has 250 valence electrons. The van der Waals surface area contributed by atoms with Gasteiger partial charge in [-0.05, 0) is 73.5 Å². The summed E-state index contributed by atoms with van der Waals surface area (Å²) in [5.41, 5.74) is 6.96. The Kier molecular flexibility index (Phi) is 9.11. The van der Waals surface area contributed by atoms with Crippen LogP contribution < -0.4 is 19.3 Å². The van der Waals surface area contributed by atoms with Crippen LogP contribution >= 0.6 is 0 Å². The van der Waals surface area contributed by atoms with E-state index in [1.54, 1.807) is 29.2 Å². The number of rotatable bonds is 10. The minimum atomic E-state index is -4.01. The van der Waals surface area contributed by atoms with Crippen molar-refractivity contribution in [1.82, 2.24) is 0 Å². The summed E-state index contributed by atoms with van der Waals surface area (Å²) in [4.78, 5) is 18.8. The normalized spacial score (nSPS) is 14.3. The van der Waals surface area contributed by atoms with E-state index in [0.29, 0.717) is 36.0 Å². The number of para-hydroxylation sites is 1. The van der Waals surface area contributed by atoms with Crippen molar-refractivity contribution < 1.29 is 17.9 Å². The highest BCUT2D eigenvalue weighted by atomic mass is 32.2. The van der Waals surface area contributed by atoms with Gasteiger partial charge in [0.05, 0.1) is 16.1 Å². The topological polar surface area (TPSA) is 79.0 Å². The molecule has 0 bridgehead atoms. The molecule has 1 atom stereocenters. The summed E-state index contributed by atoms with van der Waals surface area (Å²) in [5, 5.41) is 0. The number of carbonyl (C=O) groups excluding carboxylic acids is 1. The number of ether oxygens (including phenoxy) is 1. The zero-order valence-electron chi connectivity index (χ0n) is 27.9. The van der Waals surface area contributed by atoms with Gasteiger partial charge in [0.1, 0.15) is 18.5 Å². The van der Waals surface area contributed by atoms with E-state index >= 15 is 0 Å². The molecule has 0 saturated carbocycles. The summed E-state index contributed by atoms with van der Waals surface area (Å²) >= 11 is 0. The molecule has 1 aliphatic rings. The lowest BCUT2D eigenvalue weighted by Crippen LogP contribution is -2.49. The highest BCUT2D eigenvalue weighted by Gasteiger charge is 2.41. The van der Waals surface area contributed by atoms with Crippen molar-refractivity contribution in [3.05, 3.63) is 185 Å². The van der Waals surface area contributed by atoms with E-state index in [0.717, 1.165) is 27.8 Å². The van der Waals surface area contributed by atoms with Gasteiger partial charge in [0.15, 0.2) is 0 Å². The number of hydrogen-bond donors (Lipinski definition) is 1. The summed E-state index contributed by atoms with van der Waals surface area (Å²) in [7, 11) is -4.01. The molecule has 7 rings (SSSR count). The molecule has 8 heteroatoms. The van der Waals surface area contributed by atoms with Gasteiger partial charge in [0, 0.05) is 23.5 Å². The van der Waals surface area contributed by atoms with Crippen LogP contribution in [0.1, 0.15) is 44.3 Å². The Morgan fingerprint density at radius 2 is 1.28 bits per heavy atom. The van der Waals surface area contributed by atoms with Gasteiger partial charge in [0.25, 0.3) is 15.9 Å². The molecule has 1 N–H and O–H groups in total. The van der Waals surface area contributed by atoms with E-state index in [1.165, 1.54) is 6.07 Å². The Bertz CT molecular complexity index is 2220. The average Bonchev–Trinajstić information content (AvgIpc) is 3.14. The van der Waals surface area contributed by atoms with Crippen LogP contribution in [0.2, 0.25) is 0 Å². The second-order valence-corrected chi connectivity index (χ2v) is 14.1. The first-order chi connectivity index (χ1) is 24.3. The molecular formula is C42H37N3O4S. The van der Waals surface area contributed by atoms with Crippen molar-refractivity contribution in [3.63, 3.8) is 0 Å². The van der Waals surface area contributed by atoms with Gasteiger partial charge in [-0.25, -0.2) is 8.42 Å². The number of nitrogens with zero attached hydrogens (tertiary/aromatic N) is 2. The second kappa shape index (κ2) is 13.9. The van der Waals surface area contributed by atoms with Crippen LogP contribution in [0.15, 0.2) is 157 Å². The second-order valence-electron chi connectivity index (χ2n) is 12.5. The number of hydrogen-bond acceptors (Lipinski definition) is 5. The van der Waals surface area contributed by atoms with Crippen molar-refractivity contribution in [2.75, 3.05) is 14.5 Å². The summed E-state index contributed by atoms with van der Waals surface area (Å²) < 4.78 is 36.5. The fourth-order valence-corrected chi connectivity index (χ4v) is 7.32. The fourth-order valence-electron chi connectivity index (χ4n) is 6.23. The molecule has 0 saturated heterocycles. The van der Waals surface area contributed by atoms with Crippen molar-refractivity contribution in [2.45, 2.75) is 38.1 Å². The summed E-state index contributed by atoms with van der Waals surface area (Å²) in [6.07, 6.45) is -0.627. The Balaban J connectivity index is 1.38. The highest BCUT2D eigenvalue weighted by Crippen LogP contribution is 2.45. The van der Waals surface area contributed by atoms with Crippen LogP contribution in [0, 0.1) is 13.8 Å². The predicted octanol–water partition coefficient (Wildman–Crippen LogP) is 9.05. The fraction of sp³-hybridized carbons (Fsp3) is 0.119. The molecule has 6 aromatic carbocycles. The van der Waals surface area contributed by atoms with Crippen molar-refractivity contribution >= 4 is 33.0 Å². The Morgan fingerprint density at radius 1 is 0.680 bits per heavy atom. The molecule has 0 unspecified atom stereocenters. The van der Waals surface area contributed by atoms with Crippen molar-refractivity contribution in [3.8, 4) is 5.75 Å². The maximum Gasteiger partial charge on any atom is 0.262 e. The zero-order chi connectivity index (χ0) is 34.7. The lowest BCUT2D eigenvalue weighted by Gasteiger charge is -2.46. The molecule has 0 aromatic heterocycles. The lowest BCUT2D eigenvalue weighted by molar-refractivity contribution is 0.0967. The molecule has 50 heavy (non-hydrogen) atoms. The maximum absolute atomic E-state index is 14.9. The third kappa shape index (κ3) is 6.84. The van der Waals surface area contributed by atoms with Crippen LogP contribution in [0.3, 0.4) is 0 Å². The standard InChI is InChI=1S/C42H37N3O4S/c1-30-17-21-34(22-18-30)43-50(47,48)36-25-26-39-38(27-36)42(46)45(35-23-19-31(2)20-24-35)41(44(39)28-32-11-5-3-6-12-32)37-15-9-10-16-40(37)49-29-33-13-7-4-8-14-33/h3-27,41,43H,28-29H2,1-2H3/t41-/m1/s1. The zero-order valence-corrected chi connectivity index (χ0v) is 28.7. The van der Waals surface area contributed by atoms with E-state index in [9.17, 15) is 13.2 Å². The number of anilines is 3. The first kappa shape index (κ1) is 32.7. The molecular weight excluding hydrogens is 643 g/mol. The molecule has 1 amide bonds. The van der Waals surface area contributed by atoms with Crippen molar-refractivity contribution in [1.29, 1.82) is 0 Å². The van der Waals surface area contributed by atoms with E-state index in [2.05, 4.69) is 9.62 Å².